The van der Waals surface area contributed by atoms with Crippen molar-refractivity contribution in [1.82, 2.24) is 0 Å². The van der Waals surface area contributed by atoms with Crippen molar-refractivity contribution >= 4 is 0 Å². The Labute approximate surface area is 75.7 Å². The smallest absolute Gasteiger partial charge is 0.0352 e. The third-order valence-corrected chi connectivity index (χ3v) is 5.09. The van der Waals surface area contributed by atoms with Crippen molar-refractivity contribution in [3.05, 3.63) is 0 Å². The molecule has 0 heterocycles. The molecule has 0 aromatic carbocycles. The summed E-state index contributed by atoms with van der Waals surface area (Å²) in [6.07, 6.45) is 9.41. The predicted octanol–water partition coefficient (Wildman–Crippen LogP) is 3.47. The molecule has 3 fully saturated rings. The molecule has 0 aromatic rings. The Morgan fingerprint density at radius 2 is 1.83 bits per heavy atom. The van der Waals surface area contributed by atoms with Crippen LogP contribution in [0.5, 0.6) is 0 Å². The standard InChI is InChI=1S/C12H20/c1-2-8-6-9-7-12(8)11-5-3-4-10(9)11/h8-12H,2-7H2,1H3/t8-,9+,10-,11-,12+/m0/s1. The van der Waals surface area contributed by atoms with Crippen LogP contribution in [0.15, 0.2) is 0 Å². The van der Waals surface area contributed by atoms with Crippen LogP contribution in [0.2, 0.25) is 0 Å². The Morgan fingerprint density at radius 1 is 1.00 bits per heavy atom. The van der Waals surface area contributed by atoms with Crippen LogP contribution in [0.1, 0.15) is 45.4 Å². The summed E-state index contributed by atoms with van der Waals surface area (Å²) >= 11 is 0. The Bertz CT molecular complexity index is 182. The summed E-state index contributed by atoms with van der Waals surface area (Å²) in [5.41, 5.74) is 0. The Kier molecular flexibility index (Phi) is 1.54. The fourth-order valence-corrected chi connectivity index (χ4v) is 4.68. The average molecular weight is 164 g/mol. The molecule has 0 nitrogen and oxygen atoms in total. The van der Waals surface area contributed by atoms with E-state index in [4.69, 9.17) is 0 Å². The van der Waals surface area contributed by atoms with Crippen LogP contribution in [-0.2, 0) is 0 Å². The molecule has 0 N–H and O–H groups in total. The molecule has 3 rings (SSSR count). The van der Waals surface area contributed by atoms with Crippen molar-refractivity contribution in [3.8, 4) is 0 Å². The van der Waals surface area contributed by atoms with Crippen LogP contribution in [0.4, 0.5) is 0 Å². The molecular formula is C12H20. The van der Waals surface area contributed by atoms with Gasteiger partial charge in [-0.1, -0.05) is 19.8 Å². The van der Waals surface area contributed by atoms with Gasteiger partial charge in [-0.2, -0.15) is 0 Å². The quantitative estimate of drug-likeness (QED) is 0.556. The Hall–Kier alpha value is 0. The monoisotopic (exact) mass is 164 g/mol. The van der Waals surface area contributed by atoms with Gasteiger partial charge >= 0.3 is 0 Å². The van der Waals surface area contributed by atoms with Gasteiger partial charge in [-0.3, -0.25) is 0 Å². The van der Waals surface area contributed by atoms with Gasteiger partial charge in [0.05, 0.1) is 0 Å². The molecule has 3 saturated carbocycles. The van der Waals surface area contributed by atoms with E-state index >= 15 is 0 Å². The van der Waals surface area contributed by atoms with E-state index in [0.717, 1.165) is 5.92 Å². The van der Waals surface area contributed by atoms with E-state index in [0.29, 0.717) is 0 Å². The first-order valence-corrected chi connectivity index (χ1v) is 5.90. The van der Waals surface area contributed by atoms with E-state index in [9.17, 15) is 0 Å². The molecule has 0 amide bonds. The second-order valence-corrected chi connectivity index (χ2v) is 5.32. The number of fused-ring (bicyclic) bond motifs is 5. The maximum absolute atomic E-state index is 2.40. The SMILES string of the molecule is CC[C@H]1C[C@@H]2C[C@H]1[C@H]1CCC[C@@H]21. The molecule has 3 aliphatic carbocycles. The minimum Gasteiger partial charge on any atom is -0.0651 e. The minimum absolute atomic E-state index is 1.13. The lowest BCUT2D eigenvalue weighted by atomic mass is 9.75. The maximum Gasteiger partial charge on any atom is -0.0352 e. The molecule has 12 heavy (non-hydrogen) atoms. The van der Waals surface area contributed by atoms with Crippen molar-refractivity contribution in [2.45, 2.75) is 45.4 Å². The van der Waals surface area contributed by atoms with Crippen LogP contribution < -0.4 is 0 Å². The highest BCUT2D eigenvalue weighted by molar-refractivity contribution is 5.02. The van der Waals surface area contributed by atoms with Crippen molar-refractivity contribution in [1.29, 1.82) is 0 Å². The molecular weight excluding hydrogens is 144 g/mol. The van der Waals surface area contributed by atoms with E-state index in [1.807, 2.05) is 0 Å². The zero-order valence-corrected chi connectivity index (χ0v) is 8.13. The highest BCUT2D eigenvalue weighted by Crippen LogP contribution is 2.61. The third-order valence-electron chi connectivity index (χ3n) is 5.09. The van der Waals surface area contributed by atoms with Crippen LogP contribution >= 0.6 is 0 Å². The molecule has 3 aliphatic rings. The average Bonchev–Trinajstić information content (AvgIpc) is 2.75. The van der Waals surface area contributed by atoms with Gasteiger partial charge in [-0.25, -0.2) is 0 Å². The Morgan fingerprint density at radius 3 is 2.67 bits per heavy atom. The molecule has 0 aromatic heterocycles. The number of rotatable bonds is 1. The van der Waals surface area contributed by atoms with Crippen molar-refractivity contribution in [2.75, 3.05) is 0 Å². The van der Waals surface area contributed by atoms with Gasteiger partial charge in [0.1, 0.15) is 0 Å². The highest BCUT2D eigenvalue weighted by Gasteiger charge is 2.52. The third kappa shape index (κ3) is 0.791. The first kappa shape index (κ1) is 7.41. The fraction of sp³-hybridized carbons (Fsp3) is 1.00. The van der Waals surface area contributed by atoms with Gasteiger partial charge in [0, 0.05) is 0 Å². The van der Waals surface area contributed by atoms with E-state index in [-0.39, 0.29) is 0 Å². The first-order chi connectivity index (χ1) is 5.90. The lowest BCUT2D eigenvalue weighted by Crippen LogP contribution is -2.23. The zero-order chi connectivity index (χ0) is 8.13. The normalized spacial score (nSPS) is 56.2. The molecule has 68 valence electrons. The molecule has 2 bridgehead atoms. The van der Waals surface area contributed by atoms with E-state index < -0.39 is 0 Å². The van der Waals surface area contributed by atoms with Crippen molar-refractivity contribution in [2.24, 2.45) is 29.6 Å². The highest BCUT2D eigenvalue weighted by atomic mass is 14.6. The molecule has 0 unspecified atom stereocenters. The van der Waals surface area contributed by atoms with E-state index in [1.165, 1.54) is 30.1 Å². The molecule has 5 atom stereocenters. The largest absolute Gasteiger partial charge is 0.0651 e. The number of hydrogen-bond donors (Lipinski definition) is 0. The fourth-order valence-electron chi connectivity index (χ4n) is 4.68. The summed E-state index contributed by atoms with van der Waals surface area (Å²) in [5, 5.41) is 0. The topological polar surface area (TPSA) is 0 Å². The van der Waals surface area contributed by atoms with Gasteiger partial charge in [0.15, 0.2) is 0 Å². The van der Waals surface area contributed by atoms with E-state index in [2.05, 4.69) is 6.92 Å². The van der Waals surface area contributed by atoms with Gasteiger partial charge in [-0.05, 0) is 55.3 Å². The lowest BCUT2D eigenvalue weighted by Gasteiger charge is -2.30. The summed E-state index contributed by atoms with van der Waals surface area (Å²) in [6, 6.07) is 0. The predicted molar refractivity (Wildman–Crippen MR) is 50.8 cm³/mol. The summed E-state index contributed by atoms with van der Waals surface area (Å²) in [7, 11) is 0. The van der Waals surface area contributed by atoms with Crippen LogP contribution in [0.25, 0.3) is 0 Å². The maximum atomic E-state index is 2.40. The molecule has 0 heteroatoms. The molecule has 0 saturated heterocycles. The minimum atomic E-state index is 1.13. The molecule has 0 aliphatic heterocycles. The van der Waals surface area contributed by atoms with E-state index in [1.54, 1.807) is 32.1 Å². The second kappa shape index (κ2) is 2.49. The van der Waals surface area contributed by atoms with Crippen LogP contribution in [-0.4, -0.2) is 0 Å². The van der Waals surface area contributed by atoms with Crippen molar-refractivity contribution in [3.63, 3.8) is 0 Å². The molecule has 0 radical (unpaired) electrons. The van der Waals surface area contributed by atoms with Gasteiger partial charge in [0.25, 0.3) is 0 Å². The summed E-state index contributed by atoms with van der Waals surface area (Å²) < 4.78 is 0. The zero-order valence-electron chi connectivity index (χ0n) is 8.13. The number of hydrogen-bond acceptors (Lipinski definition) is 0. The molecule has 0 spiro atoms. The van der Waals surface area contributed by atoms with Gasteiger partial charge in [0.2, 0.25) is 0 Å². The van der Waals surface area contributed by atoms with Crippen molar-refractivity contribution < 1.29 is 0 Å². The van der Waals surface area contributed by atoms with Crippen LogP contribution in [0.3, 0.4) is 0 Å². The summed E-state index contributed by atoms with van der Waals surface area (Å²) in [6.45, 7) is 2.40. The first-order valence-electron chi connectivity index (χ1n) is 5.90. The van der Waals surface area contributed by atoms with Gasteiger partial charge < -0.3 is 0 Å². The lowest BCUT2D eigenvalue weighted by molar-refractivity contribution is 0.185. The van der Waals surface area contributed by atoms with Crippen LogP contribution in [0, 0.1) is 29.6 Å². The summed E-state index contributed by atoms with van der Waals surface area (Å²) in [5.74, 6) is 5.86. The second-order valence-electron chi connectivity index (χ2n) is 5.32. The van der Waals surface area contributed by atoms with Gasteiger partial charge in [-0.15, -0.1) is 0 Å². The summed E-state index contributed by atoms with van der Waals surface area (Å²) in [4.78, 5) is 0. The Balaban J connectivity index is 1.83.